The van der Waals surface area contributed by atoms with Gasteiger partial charge in [-0.15, -0.1) is 0 Å². The lowest BCUT2D eigenvalue weighted by Crippen LogP contribution is -2.08. The van der Waals surface area contributed by atoms with Crippen molar-refractivity contribution in [3.8, 4) is 0 Å². The van der Waals surface area contributed by atoms with E-state index in [-0.39, 0.29) is 12.2 Å². The fraction of sp³-hybridized carbons (Fsp3) is 0.412. The average Bonchev–Trinajstić information content (AvgIpc) is 3.22. The number of nitrogens with zero attached hydrogens (tertiary/aromatic N) is 5. The summed E-state index contributed by atoms with van der Waals surface area (Å²) in [7, 11) is 0. The summed E-state index contributed by atoms with van der Waals surface area (Å²) in [4.78, 5) is 16.4. The highest BCUT2D eigenvalue weighted by Gasteiger charge is 2.21. The first-order valence-corrected chi connectivity index (χ1v) is 8.70. The van der Waals surface area contributed by atoms with Crippen LogP contribution >= 0.6 is 11.6 Å². The number of esters is 1. The van der Waals surface area contributed by atoms with Gasteiger partial charge in [-0.25, -0.2) is 14.5 Å². The lowest BCUT2D eigenvalue weighted by Gasteiger charge is -2.05. The Morgan fingerprint density at radius 1 is 1.40 bits per heavy atom. The van der Waals surface area contributed by atoms with Crippen LogP contribution in [0.3, 0.4) is 0 Å². The maximum Gasteiger partial charge on any atom is 0.341 e. The van der Waals surface area contributed by atoms with E-state index in [4.69, 9.17) is 16.3 Å². The highest BCUT2D eigenvalue weighted by atomic mass is 35.5. The van der Waals surface area contributed by atoms with Crippen LogP contribution in [0.5, 0.6) is 0 Å². The molecule has 0 amide bonds. The van der Waals surface area contributed by atoms with Gasteiger partial charge in [0.05, 0.1) is 40.5 Å². The summed E-state index contributed by atoms with van der Waals surface area (Å²) in [6, 6.07) is 2.12. The van der Waals surface area contributed by atoms with Gasteiger partial charge in [0.25, 0.3) is 0 Å². The van der Waals surface area contributed by atoms with Crippen LogP contribution in [0.2, 0.25) is 5.02 Å². The minimum absolute atomic E-state index is 0.264. The quantitative estimate of drug-likeness (QED) is 0.669. The summed E-state index contributed by atoms with van der Waals surface area (Å²) in [5.41, 5.74) is 3.85. The monoisotopic (exact) mass is 359 g/mol. The highest BCUT2D eigenvalue weighted by Crippen LogP contribution is 2.29. The van der Waals surface area contributed by atoms with Gasteiger partial charge in [-0.05, 0) is 32.8 Å². The summed E-state index contributed by atoms with van der Waals surface area (Å²) >= 11 is 6.44. The Morgan fingerprint density at radius 3 is 3.00 bits per heavy atom. The van der Waals surface area contributed by atoms with Crippen LogP contribution in [0.1, 0.15) is 40.8 Å². The number of halogens is 1. The van der Waals surface area contributed by atoms with Gasteiger partial charge in [0.2, 0.25) is 0 Å². The Kier molecular flexibility index (Phi) is 3.95. The SMILES string of the molecule is CCOC(=O)c1cnc2c(c(C)nn2Cc2cc3n(n2)CCC3)c1Cl. The predicted molar refractivity (Wildman–Crippen MR) is 92.9 cm³/mol. The Bertz CT molecular complexity index is 954. The number of carbonyl (C=O) groups is 1. The van der Waals surface area contributed by atoms with Crippen LogP contribution in [0.15, 0.2) is 12.3 Å². The zero-order chi connectivity index (χ0) is 17.6. The van der Waals surface area contributed by atoms with Crippen LogP contribution in [-0.4, -0.2) is 37.1 Å². The second kappa shape index (κ2) is 6.15. The number of hydrogen-bond donors (Lipinski definition) is 0. The number of hydrogen-bond acceptors (Lipinski definition) is 5. The number of rotatable bonds is 4. The summed E-state index contributed by atoms with van der Waals surface area (Å²) in [6.07, 6.45) is 3.67. The molecule has 7 nitrogen and oxygen atoms in total. The second-order valence-electron chi connectivity index (χ2n) is 6.10. The second-order valence-corrected chi connectivity index (χ2v) is 6.48. The molecule has 0 saturated carbocycles. The van der Waals surface area contributed by atoms with Gasteiger partial charge in [-0.3, -0.25) is 4.68 Å². The molecule has 4 rings (SSSR count). The smallest absolute Gasteiger partial charge is 0.341 e. The molecule has 0 bridgehead atoms. The molecular formula is C17H18ClN5O2. The fourth-order valence-corrected chi connectivity index (χ4v) is 3.63. The molecule has 0 fully saturated rings. The molecule has 0 radical (unpaired) electrons. The van der Waals surface area contributed by atoms with Gasteiger partial charge in [0.1, 0.15) is 0 Å². The van der Waals surface area contributed by atoms with E-state index in [2.05, 4.69) is 21.2 Å². The van der Waals surface area contributed by atoms with Gasteiger partial charge >= 0.3 is 5.97 Å². The third-order valence-electron chi connectivity index (χ3n) is 4.40. The normalized spacial score (nSPS) is 13.4. The Balaban J connectivity index is 1.73. The molecule has 0 unspecified atom stereocenters. The Labute approximate surface area is 149 Å². The zero-order valence-electron chi connectivity index (χ0n) is 14.1. The number of ether oxygens (including phenoxy) is 1. The van der Waals surface area contributed by atoms with Gasteiger partial charge in [-0.1, -0.05) is 11.6 Å². The first kappa shape index (κ1) is 16.1. The molecule has 1 aliphatic heterocycles. The van der Waals surface area contributed by atoms with Gasteiger partial charge < -0.3 is 4.74 Å². The highest BCUT2D eigenvalue weighted by molar-refractivity contribution is 6.38. The van der Waals surface area contributed by atoms with Crippen LogP contribution in [0.4, 0.5) is 0 Å². The molecule has 1 aliphatic rings. The van der Waals surface area contributed by atoms with Gasteiger partial charge in [0, 0.05) is 18.4 Å². The molecule has 0 spiro atoms. The van der Waals surface area contributed by atoms with E-state index < -0.39 is 5.97 Å². The topological polar surface area (TPSA) is 74.8 Å². The van der Waals surface area contributed by atoms with Gasteiger partial charge in [0.15, 0.2) is 5.65 Å². The molecule has 0 atom stereocenters. The molecule has 130 valence electrons. The molecule has 3 aromatic rings. The van der Waals surface area contributed by atoms with E-state index in [1.807, 2.05) is 11.6 Å². The van der Waals surface area contributed by atoms with E-state index in [1.165, 1.54) is 11.9 Å². The van der Waals surface area contributed by atoms with Crippen molar-refractivity contribution in [3.63, 3.8) is 0 Å². The minimum Gasteiger partial charge on any atom is -0.462 e. The molecule has 0 aromatic carbocycles. The molecule has 0 aliphatic carbocycles. The summed E-state index contributed by atoms with van der Waals surface area (Å²) < 4.78 is 8.86. The molecule has 8 heteroatoms. The van der Waals surface area contributed by atoms with Crippen molar-refractivity contribution in [2.45, 2.75) is 39.8 Å². The number of pyridine rings is 1. The first-order valence-electron chi connectivity index (χ1n) is 8.32. The summed E-state index contributed by atoms with van der Waals surface area (Å²) in [6.45, 7) is 5.39. The minimum atomic E-state index is -0.473. The van der Waals surface area contributed by atoms with Crippen molar-refractivity contribution in [1.29, 1.82) is 0 Å². The van der Waals surface area contributed by atoms with Gasteiger partial charge in [-0.2, -0.15) is 10.2 Å². The first-order chi connectivity index (χ1) is 12.1. The van der Waals surface area contributed by atoms with E-state index >= 15 is 0 Å². The Morgan fingerprint density at radius 2 is 2.24 bits per heavy atom. The van der Waals surface area contributed by atoms with Crippen LogP contribution in [-0.2, 0) is 24.2 Å². The number of aromatic nitrogens is 5. The standard InChI is InChI=1S/C17H18ClN5O2/c1-3-25-17(24)13-8-19-16-14(15(13)18)10(2)20-23(16)9-11-7-12-5-4-6-22(12)21-11/h7-8H,3-6,9H2,1-2H3. The van der Waals surface area contributed by atoms with E-state index in [0.717, 1.165) is 30.8 Å². The zero-order valence-corrected chi connectivity index (χ0v) is 14.9. The largest absolute Gasteiger partial charge is 0.462 e. The van der Waals surface area contributed by atoms with Crippen LogP contribution in [0, 0.1) is 6.92 Å². The van der Waals surface area contributed by atoms with Crippen LogP contribution < -0.4 is 0 Å². The van der Waals surface area contributed by atoms with Crippen molar-refractivity contribution < 1.29 is 9.53 Å². The van der Waals surface area contributed by atoms with Crippen LogP contribution in [0.25, 0.3) is 11.0 Å². The third kappa shape index (κ3) is 2.68. The summed E-state index contributed by atoms with van der Waals surface area (Å²) in [5.74, 6) is -0.473. The van der Waals surface area contributed by atoms with Crippen molar-refractivity contribution in [2.24, 2.45) is 0 Å². The van der Waals surface area contributed by atoms with E-state index in [1.54, 1.807) is 11.6 Å². The van der Waals surface area contributed by atoms with Crippen molar-refractivity contribution in [3.05, 3.63) is 39.9 Å². The Hall–Kier alpha value is -2.41. The third-order valence-corrected chi connectivity index (χ3v) is 4.79. The van der Waals surface area contributed by atoms with E-state index in [9.17, 15) is 4.79 Å². The van der Waals surface area contributed by atoms with Crippen molar-refractivity contribution in [1.82, 2.24) is 24.5 Å². The molecule has 3 aromatic heterocycles. The van der Waals surface area contributed by atoms with Crippen molar-refractivity contribution in [2.75, 3.05) is 6.61 Å². The molecule has 0 saturated heterocycles. The summed E-state index contributed by atoms with van der Waals surface area (Å²) in [5, 5.41) is 10.2. The number of aryl methyl sites for hydroxylation is 3. The molecule has 25 heavy (non-hydrogen) atoms. The maximum absolute atomic E-state index is 12.0. The predicted octanol–water partition coefficient (Wildman–Crippen LogP) is 2.76. The lowest BCUT2D eigenvalue weighted by atomic mass is 10.2. The maximum atomic E-state index is 12.0. The molecule has 0 N–H and O–H groups in total. The lowest BCUT2D eigenvalue weighted by molar-refractivity contribution is 0.0526. The van der Waals surface area contributed by atoms with E-state index in [0.29, 0.717) is 22.6 Å². The number of carbonyl (C=O) groups excluding carboxylic acids is 1. The fourth-order valence-electron chi connectivity index (χ4n) is 3.29. The number of fused-ring (bicyclic) bond motifs is 2. The molecular weight excluding hydrogens is 342 g/mol. The molecule has 4 heterocycles. The van der Waals surface area contributed by atoms with Crippen molar-refractivity contribution >= 4 is 28.6 Å². The average molecular weight is 360 g/mol.